The lowest BCUT2D eigenvalue weighted by atomic mass is 10.1. The van der Waals surface area contributed by atoms with Crippen molar-refractivity contribution in [3.63, 3.8) is 0 Å². The van der Waals surface area contributed by atoms with Gasteiger partial charge in [-0.3, -0.25) is 9.59 Å². The molecule has 0 aliphatic carbocycles. The van der Waals surface area contributed by atoms with E-state index in [9.17, 15) is 9.59 Å². The van der Waals surface area contributed by atoms with Crippen molar-refractivity contribution in [1.82, 2.24) is 0 Å². The van der Waals surface area contributed by atoms with Crippen LogP contribution in [-0.4, -0.2) is 11.8 Å². The topological polar surface area (TPSA) is 58.2 Å². The Kier molecular flexibility index (Phi) is 5.26. The van der Waals surface area contributed by atoms with Crippen molar-refractivity contribution >= 4 is 34.5 Å². The van der Waals surface area contributed by atoms with Crippen LogP contribution in [0, 0.1) is 6.92 Å². The van der Waals surface area contributed by atoms with E-state index < -0.39 is 0 Å². The molecule has 0 spiro atoms. The van der Waals surface area contributed by atoms with Gasteiger partial charge in [-0.25, -0.2) is 0 Å². The molecule has 4 nitrogen and oxygen atoms in total. The van der Waals surface area contributed by atoms with Gasteiger partial charge in [0.1, 0.15) is 0 Å². The smallest absolute Gasteiger partial charge is 0.257 e. The molecule has 3 aromatic rings. The van der Waals surface area contributed by atoms with Gasteiger partial charge in [0.05, 0.1) is 17.7 Å². The number of para-hydroxylation sites is 1. The minimum Gasteiger partial charge on any atom is -0.325 e. The molecular formula is C20H18N2O2S. The van der Waals surface area contributed by atoms with Gasteiger partial charge in [-0.2, -0.15) is 11.3 Å². The van der Waals surface area contributed by atoms with Gasteiger partial charge in [0.2, 0.25) is 5.91 Å². The Bertz CT molecular complexity index is 888. The summed E-state index contributed by atoms with van der Waals surface area (Å²) in [6.45, 7) is 1.97. The molecule has 2 N–H and O–H groups in total. The second-order valence-corrected chi connectivity index (χ2v) is 6.51. The molecule has 0 unspecified atom stereocenters. The van der Waals surface area contributed by atoms with Crippen molar-refractivity contribution < 1.29 is 9.59 Å². The van der Waals surface area contributed by atoms with Crippen LogP contribution in [0.4, 0.5) is 11.4 Å². The highest BCUT2D eigenvalue weighted by Gasteiger charge is 2.13. The van der Waals surface area contributed by atoms with E-state index in [2.05, 4.69) is 10.6 Å². The zero-order chi connectivity index (χ0) is 17.6. The number of benzene rings is 2. The van der Waals surface area contributed by atoms with Crippen molar-refractivity contribution in [2.45, 2.75) is 13.3 Å². The number of aryl methyl sites for hydroxylation is 1. The maximum absolute atomic E-state index is 12.6. The summed E-state index contributed by atoms with van der Waals surface area (Å²) >= 11 is 1.55. The SMILES string of the molecule is Cc1cccc(NC(=O)c2ccccc2NC(=O)Cc2ccsc2)c1. The highest BCUT2D eigenvalue weighted by molar-refractivity contribution is 7.08. The number of thiophene rings is 1. The average molecular weight is 350 g/mol. The van der Waals surface area contributed by atoms with Crippen molar-refractivity contribution in [1.29, 1.82) is 0 Å². The summed E-state index contributed by atoms with van der Waals surface area (Å²) in [5.41, 5.74) is 3.69. The van der Waals surface area contributed by atoms with Crippen LogP contribution in [0.5, 0.6) is 0 Å². The van der Waals surface area contributed by atoms with Gasteiger partial charge in [-0.15, -0.1) is 0 Å². The average Bonchev–Trinajstić information content (AvgIpc) is 3.08. The Hall–Kier alpha value is -2.92. The van der Waals surface area contributed by atoms with Crippen LogP contribution in [0.25, 0.3) is 0 Å². The Labute approximate surface area is 150 Å². The summed E-state index contributed by atoms with van der Waals surface area (Å²) in [7, 11) is 0. The van der Waals surface area contributed by atoms with E-state index in [4.69, 9.17) is 0 Å². The first-order valence-corrected chi connectivity index (χ1v) is 8.84. The van der Waals surface area contributed by atoms with E-state index in [1.54, 1.807) is 35.6 Å². The zero-order valence-corrected chi connectivity index (χ0v) is 14.6. The fourth-order valence-corrected chi connectivity index (χ4v) is 3.15. The minimum absolute atomic E-state index is 0.144. The van der Waals surface area contributed by atoms with Gasteiger partial charge in [0, 0.05) is 5.69 Å². The molecule has 0 saturated carbocycles. The second-order valence-electron chi connectivity index (χ2n) is 5.73. The van der Waals surface area contributed by atoms with Gasteiger partial charge in [-0.05, 0) is 59.1 Å². The summed E-state index contributed by atoms with van der Waals surface area (Å²) in [5.74, 6) is -0.397. The van der Waals surface area contributed by atoms with Crippen LogP contribution < -0.4 is 10.6 Å². The molecule has 0 radical (unpaired) electrons. The molecule has 126 valence electrons. The molecule has 0 bridgehead atoms. The van der Waals surface area contributed by atoms with Crippen LogP contribution in [0.2, 0.25) is 0 Å². The van der Waals surface area contributed by atoms with E-state index in [1.807, 2.05) is 48.0 Å². The molecule has 2 amide bonds. The Morgan fingerprint density at radius 1 is 1.00 bits per heavy atom. The summed E-state index contributed by atoms with van der Waals surface area (Å²) in [6, 6.07) is 16.5. The first kappa shape index (κ1) is 16.9. The summed E-state index contributed by atoms with van der Waals surface area (Å²) in [6.07, 6.45) is 0.289. The number of anilines is 2. The van der Waals surface area contributed by atoms with E-state index in [-0.39, 0.29) is 18.2 Å². The number of amides is 2. The summed E-state index contributed by atoms with van der Waals surface area (Å²) in [5, 5.41) is 9.58. The largest absolute Gasteiger partial charge is 0.325 e. The molecule has 0 fully saturated rings. The predicted molar refractivity (Wildman–Crippen MR) is 102 cm³/mol. The number of rotatable bonds is 5. The normalized spacial score (nSPS) is 10.3. The molecular weight excluding hydrogens is 332 g/mol. The highest BCUT2D eigenvalue weighted by Crippen LogP contribution is 2.19. The quantitative estimate of drug-likeness (QED) is 0.712. The van der Waals surface area contributed by atoms with Gasteiger partial charge in [0.15, 0.2) is 0 Å². The first-order chi connectivity index (χ1) is 12.1. The molecule has 3 rings (SSSR count). The molecule has 25 heavy (non-hydrogen) atoms. The fraction of sp³-hybridized carbons (Fsp3) is 0.100. The number of carbonyl (C=O) groups excluding carboxylic acids is 2. The van der Waals surface area contributed by atoms with Crippen molar-refractivity contribution in [2.75, 3.05) is 10.6 Å². The Morgan fingerprint density at radius 2 is 1.84 bits per heavy atom. The summed E-state index contributed by atoms with van der Waals surface area (Å²) in [4.78, 5) is 24.8. The summed E-state index contributed by atoms with van der Waals surface area (Å²) < 4.78 is 0. The lowest BCUT2D eigenvalue weighted by molar-refractivity contribution is -0.115. The van der Waals surface area contributed by atoms with E-state index in [0.29, 0.717) is 11.3 Å². The van der Waals surface area contributed by atoms with Gasteiger partial charge in [0.25, 0.3) is 5.91 Å². The number of nitrogens with one attached hydrogen (secondary N) is 2. The monoisotopic (exact) mass is 350 g/mol. The van der Waals surface area contributed by atoms with Crippen LogP contribution in [0.15, 0.2) is 65.4 Å². The fourth-order valence-electron chi connectivity index (χ4n) is 2.48. The minimum atomic E-state index is -0.253. The van der Waals surface area contributed by atoms with Crippen LogP contribution in [0.1, 0.15) is 21.5 Å². The molecule has 0 aliphatic heterocycles. The van der Waals surface area contributed by atoms with Crippen molar-refractivity contribution in [3.8, 4) is 0 Å². The third kappa shape index (κ3) is 4.55. The number of carbonyl (C=O) groups is 2. The maximum atomic E-state index is 12.6. The van der Waals surface area contributed by atoms with Crippen molar-refractivity contribution in [2.24, 2.45) is 0 Å². The zero-order valence-electron chi connectivity index (χ0n) is 13.8. The Morgan fingerprint density at radius 3 is 2.60 bits per heavy atom. The maximum Gasteiger partial charge on any atom is 0.257 e. The molecule has 5 heteroatoms. The Balaban J connectivity index is 1.73. The third-order valence-electron chi connectivity index (χ3n) is 3.67. The molecule has 2 aromatic carbocycles. The first-order valence-electron chi connectivity index (χ1n) is 7.90. The third-order valence-corrected chi connectivity index (χ3v) is 4.40. The van der Waals surface area contributed by atoms with Gasteiger partial charge >= 0.3 is 0 Å². The highest BCUT2D eigenvalue weighted by atomic mass is 32.1. The van der Waals surface area contributed by atoms with E-state index in [0.717, 1.165) is 16.8 Å². The number of hydrogen-bond acceptors (Lipinski definition) is 3. The van der Waals surface area contributed by atoms with Gasteiger partial charge < -0.3 is 10.6 Å². The van der Waals surface area contributed by atoms with Crippen LogP contribution in [0.3, 0.4) is 0 Å². The standard InChI is InChI=1S/C20H18N2O2S/c1-14-5-4-6-16(11-14)21-20(24)17-7-2-3-8-18(17)22-19(23)12-15-9-10-25-13-15/h2-11,13H,12H2,1H3,(H,21,24)(H,22,23). The van der Waals surface area contributed by atoms with Crippen LogP contribution in [-0.2, 0) is 11.2 Å². The second kappa shape index (κ2) is 7.77. The van der Waals surface area contributed by atoms with Crippen LogP contribution >= 0.6 is 11.3 Å². The van der Waals surface area contributed by atoms with Crippen molar-refractivity contribution in [3.05, 3.63) is 82.0 Å². The molecule has 1 aromatic heterocycles. The number of hydrogen-bond donors (Lipinski definition) is 2. The lowest BCUT2D eigenvalue weighted by Gasteiger charge is -2.11. The lowest BCUT2D eigenvalue weighted by Crippen LogP contribution is -2.19. The van der Waals surface area contributed by atoms with Gasteiger partial charge in [-0.1, -0.05) is 24.3 Å². The van der Waals surface area contributed by atoms with E-state index >= 15 is 0 Å². The predicted octanol–water partition coefficient (Wildman–Crippen LogP) is 4.49. The molecule has 1 heterocycles. The molecule has 0 aliphatic rings. The molecule has 0 saturated heterocycles. The molecule has 0 atom stereocenters. The van der Waals surface area contributed by atoms with E-state index in [1.165, 1.54) is 0 Å².